The highest BCUT2D eigenvalue weighted by molar-refractivity contribution is 5.69. The lowest BCUT2D eigenvalue weighted by Gasteiger charge is -2.18. The predicted octanol–water partition coefficient (Wildman–Crippen LogP) is 1.71. The summed E-state index contributed by atoms with van der Waals surface area (Å²) >= 11 is 0. The van der Waals surface area contributed by atoms with Crippen LogP contribution in [-0.2, 0) is 18.3 Å². The Morgan fingerprint density at radius 1 is 1.33 bits per heavy atom. The van der Waals surface area contributed by atoms with Crippen molar-refractivity contribution in [2.24, 2.45) is 7.05 Å². The normalized spacial score (nSPS) is 16.4. The third-order valence-electron chi connectivity index (χ3n) is 4.34. The van der Waals surface area contributed by atoms with Gasteiger partial charge >= 0.3 is 5.97 Å². The van der Waals surface area contributed by atoms with E-state index >= 15 is 0 Å². The van der Waals surface area contributed by atoms with Gasteiger partial charge in [-0.3, -0.25) is 9.59 Å². The fraction of sp³-hybridized carbons (Fsp3) is 0.533. The van der Waals surface area contributed by atoms with Crippen LogP contribution in [0.4, 0.5) is 0 Å². The smallest absolute Gasteiger partial charge is 0.309 e. The quantitative estimate of drug-likeness (QED) is 0.933. The van der Waals surface area contributed by atoms with Crippen molar-refractivity contribution in [3.63, 3.8) is 0 Å². The second kappa shape index (κ2) is 5.35. The number of hydrogen-bond donors (Lipinski definition) is 1. The summed E-state index contributed by atoms with van der Waals surface area (Å²) in [6.45, 7) is 0. The molecule has 0 saturated heterocycles. The van der Waals surface area contributed by atoms with Crippen molar-refractivity contribution in [1.29, 1.82) is 0 Å². The van der Waals surface area contributed by atoms with Crippen LogP contribution < -0.4 is 5.56 Å². The molecule has 1 fully saturated rings. The molecule has 0 aliphatic heterocycles. The Labute approximate surface area is 122 Å². The molecule has 1 N–H and O–H groups in total. The molecule has 2 aromatic rings. The fourth-order valence-corrected chi connectivity index (χ4v) is 3.16. The van der Waals surface area contributed by atoms with Crippen LogP contribution in [0.3, 0.4) is 0 Å². The molecule has 6 nitrogen and oxygen atoms in total. The number of rotatable bonds is 3. The summed E-state index contributed by atoms with van der Waals surface area (Å²) in [5.41, 5.74) is 1.85. The van der Waals surface area contributed by atoms with Crippen LogP contribution >= 0.6 is 0 Å². The van der Waals surface area contributed by atoms with E-state index in [4.69, 9.17) is 5.11 Å². The van der Waals surface area contributed by atoms with Gasteiger partial charge < -0.3 is 9.67 Å². The third kappa shape index (κ3) is 2.57. The minimum absolute atomic E-state index is 0.161. The lowest BCUT2D eigenvalue weighted by atomic mass is 9.87. The summed E-state index contributed by atoms with van der Waals surface area (Å²) in [5, 5.41) is 13.4. The molecule has 21 heavy (non-hydrogen) atoms. The molecule has 0 atom stereocenters. The topological polar surface area (TPSA) is 76.6 Å². The molecular weight excluding hydrogens is 270 g/mol. The van der Waals surface area contributed by atoms with Crippen molar-refractivity contribution < 1.29 is 9.90 Å². The summed E-state index contributed by atoms with van der Waals surface area (Å²) < 4.78 is 3.13. The van der Waals surface area contributed by atoms with E-state index in [0.717, 1.165) is 18.5 Å². The molecular formula is C15H19N3O3. The minimum Gasteiger partial charge on any atom is -0.481 e. The Kier molecular flexibility index (Phi) is 3.53. The van der Waals surface area contributed by atoms with Crippen LogP contribution in [0.15, 0.2) is 16.9 Å². The van der Waals surface area contributed by atoms with Gasteiger partial charge in [-0.2, -0.15) is 9.61 Å². The highest BCUT2D eigenvalue weighted by Crippen LogP contribution is 2.32. The second-order valence-electron chi connectivity index (χ2n) is 5.78. The Hall–Kier alpha value is -2.11. The summed E-state index contributed by atoms with van der Waals surface area (Å²) in [7, 11) is 1.78. The summed E-state index contributed by atoms with van der Waals surface area (Å²) in [4.78, 5) is 23.0. The first-order valence-corrected chi connectivity index (χ1v) is 7.36. The molecule has 6 heteroatoms. The van der Waals surface area contributed by atoms with E-state index in [2.05, 4.69) is 5.10 Å². The van der Waals surface area contributed by atoms with Crippen molar-refractivity contribution >= 4 is 11.6 Å². The first-order chi connectivity index (χ1) is 10.1. The lowest BCUT2D eigenvalue weighted by molar-refractivity contribution is -0.136. The zero-order valence-electron chi connectivity index (χ0n) is 12.1. The number of carboxylic acid groups (broad SMARTS) is 1. The van der Waals surface area contributed by atoms with Crippen molar-refractivity contribution in [2.45, 2.75) is 44.4 Å². The van der Waals surface area contributed by atoms with Gasteiger partial charge in [-0.1, -0.05) is 19.3 Å². The molecule has 112 valence electrons. The number of nitrogens with zero attached hydrogens (tertiary/aromatic N) is 3. The van der Waals surface area contributed by atoms with Gasteiger partial charge in [0.15, 0.2) is 0 Å². The van der Waals surface area contributed by atoms with Crippen molar-refractivity contribution in [2.75, 3.05) is 0 Å². The largest absolute Gasteiger partial charge is 0.481 e. The maximum absolute atomic E-state index is 12.1. The average molecular weight is 289 g/mol. The first-order valence-electron chi connectivity index (χ1n) is 7.36. The molecule has 1 aliphatic carbocycles. The highest BCUT2D eigenvalue weighted by atomic mass is 16.4. The Morgan fingerprint density at radius 3 is 2.71 bits per heavy atom. The number of aliphatic carboxylic acids is 1. The molecule has 0 aromatic carbocycles. The number of hydrogen-bond acceptors (Lipinski definition) is 3. The van der Waals surface area contributed by atoms with Crippen molar-refractivity contribution in [3.05, 3.63) is 33.9 Å². The molecule has 0 amide bonds. The van der Waals surface area contributed by atoms with E-state index in [1.165, 1.54) is 29.8 Å². The minimum atomic E-state index is -0.943. The van der Waals surface area contributed by atoms with Crippen LogP contribution in [0, 0.1) is 0 Å². The monoisotopic (exact) mass is 289 g/mol. The van der Waals surface area contributed by atoms with E-state index in [1.54, 1.807) is 11.6 Å². The molecule has 0 radical (unpaired) electrons. The van der Waals surface area contributed by atoms with Crippen molar-refractivity contribution in [3.8, 4) is 0 Å². The van der Waals surface area contributed by atoms with Crippen LogP contribution in [0.2, 0.25) is 0 Å². The van der Waals surface area contributed by atoms with Crippen molar-refractivity contribution in [1.82, 2.24) is 14.2 Å². The zero-order valence-corrected chi connectivity index (χ0v) is 12.1. The summed E-state index contributed by atoms with van der Waals surface area (Å²) in [6, 6.07) is 3.29. The molecule has 2 aromatic heterocycles. The van der Waals surface area contributed by atoms with E-state index < -0.39 is 5.97 Å². The Balaban J connectivity index is 2.07. The standard InChI is InChI=1S/C15H19N3O3/c1-17-11(8-15(20)21)7-14(19)18-13(17)9-12(16-18)10-5-3-2-4-6-10/h7,9-10H,2-6,8H2,1H3,(H,20,21). The Bertz CT molecular complexity index is 738. The van der Waals surface area contributed by atoms with Crippen LogP contribution in [0.5, 0.6) is 0 Å². The third-order valence-corrected chi connectivity index (χ3v) is 4.34. The predicted molar refractivity (Wildman–Crippen MR) is 77.6 cm³/mol. The number of carboxylic acids is 1. The fourth-order valence-electron chi connectivity index (χ4n) is 3.16. The van der Waals surface area contributed by atoms with E-state index in [1.807, 2.05) is 6.07 Å². The summed E-state index contributed by atoms with van der Waals surface area (Å²) in [6.07, 6.45) is 5.76. The molecule has 3 rings (SSSR count). The van der Waals surface area contributed by atoms with E-state index in [9.17, 15) is 9.59 Å². The van der Waals surface area contributed by atoms with Gasteiger partial charge in [0.05, 0.1) is 12.1 Å². The first kappa shape index (κ1) is 13.9. The van der Waals surface area contributed by atoms with Crippen LogP contribution in [0.1, 0.15) is 49.4 Å². The molecule has 1 saturated carbocycles. The zero-order chi connectivity index (χ0) is 15.0. The molecule has 0 unspecified atom stereocenters. The summed E-state index contributed by atoms with van der Waals surface area (Å²) in [5.74, 6) is -0.526. The van der Waals surface area contributed by atoms with Gasteiger partial charge in [-0.05, 0) is 12.8 Å². The number of fused-ring (bicyclic) bond motifs is 1. The number of aryl methyl sites for hydroxylation is 1. The second-order valence-corrected chi connectivity index (χ2v) is 5.78. The van der Waals surface area contributed by atoms with E-state index in [-0.39, 0.29) is 12.0 Å². The molecule has 0 bridgehead atoms. The van der Waals surface area contributed by atoms with Gasteiger partial charge in [0.2, 0.25) is 0 Å². The Morgan fingerprint density at radius 2 is 2.05 bits per heavy atom. The highest BCUT2D eigenvalue weighted by Gasteiger charge is 2.20. The average Bonchev–Trinajstić information content (AvgIpc) is 2.91. The van der Waals surface area contributed by atoms with Gasteiger partial charge in [-0.25, -0.2) is 0 Å². The van der Waals surface area contributed by atoms with Crippen LogP contribution in [-0.4, -0.2) is 25.3 Å². The SMILES string of the molecule is Cn1c(CC(=O)O)cc(=O)n2nc(C3CCCCC3)cc12. The molecule has 1 aliphatic rings. The number of aromatic nitrogens is 3. The van der Waals surface area contributed by atoms with Gasteiger partial charge in [0.1, 0.15) is 5.65 Å². The van der Waals surface area contributed by atoms with Gasteiger partial charge in [-0.15, -0.1) is 0 Å². The van der Waals surface area contributed by atoms with Gasteiger partial charge in [0.25, 0.3) is 5.56 Å². The number of carbonyl (C=O) groups is 1. The molecule has 0 spiro atoms. The molecule has 2 heterocycles. The maximum Gasteiger partial charge on any atom is 0.309 e. The van der Waals surface area contributed by atoms with Crippen LogP contribution in [0.25, 0.3) is 5.65 Å². The van der Waals surface area contributed by atoms with Gasteiger partial charge in [0, 0.05) is 30.8 Å². The maximum atomic E-state index is 12.1. The van der Waals surface area contributed by atoms with E-state index in [0.29, 0.717) is 17.3 Å². The lowest BCUT2D eigenvalue weighted by Crippen LogP contribution is -2.21.